The fraction of sp³-hybridized carbons (Fsp3) is 0.600. The summed E-state index contributed by atoms with van der Waals surface area (Å²) in [5.41, 5.74) is 1.31. The van der Waals surface area contributed by atoms with Crippen molar-refractivity contribution in [3.63, 3.8) is 0 Å². The summed E-state index contributed by atoms with van der Waals surface area (Å²) in [4.78, 5) is 26.2. The average Bonchev–Trinajstić information content (AvgIpc) is 2.67. The Balaban J connectivity index is 1.81. The standard InChI is InChI=1S/C20H32N4O4/c1-15(2)12-18(24-8-10-28-11-9-24)13-21-20(26)23-17-6-4-16(5-7-17)22-19(25)14-27-3/h4-7,15,18H,8-14H2,1-3H3,(H,22,25)(H2,21,23,26). The molecule has 1 aromatic carbocycles. The van der Waals surface area contributed by atoms with Gasteiger partial charge in [0.1, 0.15) is 6.61 Å². The van der Waals surface area contributed by atoms with Gasteiger partial charge in [0.2, 0.25) is 5.91 Å². The van der Waals surface area contributed by atoms with Crippen LogP contribution in [0, 0.1) is 5.92 Å². The summed E-state index contributed by atoms with van der Waals surface area (Å²) in [6, 6.07) is 7.02. The normalized spacial score (nSPS) is 15.9. The number of nitrogens with one attached hydrogen (secondary N) is 3. The second-order valence-electron chi connectivity index (χ2n) is 7.33. The van der Waals surface area contributed by atoms with Crippen LogP contribution in [0.2, 0.25) is 0 Å². The number of ether oxygens (including phenoxy) is 2. The van der Waals surface area contributed by atoms with Crippen LogP contribution in [0.1, 0.15) is 20.3 Å². The number of morpholine rings is 1. The number of benzene rings is 1. The summed E-state index contributed by atoms with van der Waals surface area (Å²) in [6.07, 6.45) is 1.02. The smallest absolute Gasteiger partial charge is 0.319 e. The van der Waals surface area contributed by atoms with Crippen LogP contribution in [-0.2, 0) is 14.3 Å². The van der Waals surface area contributed by atoms with Gasteiger partial charge in [0.25, 0.3) is 0 Å². The minimum Gasteiger partial charge on any atom is -0.379 e. The van der Waals surface area contributed by atoms with Crippen LogP contribution < -0.4 is 16.0 Å². The van der Waals surface area contributed by atoms with E-state index in [-0.39, 0.29) is 18.5 Å². The van der Waals surface area contributed by atoms with Crippen molar-refractivity contribution in [1.82, 2.24) is 10.2 Å². The van der Waals surface area contributed by atoms with E-state index in [0.717, 1.165) is 32.7 Å². The first-order valence-electron chi connectivity index (χ1n) is 9.73. The van der Waals surface area contributed by atoms with Gasteiger partial charge in [0.15, 0.2) is 0 Å². The molecule has 0 spiro atoms. The van der Waals surface area contributed by atoms with Crippen molar-refractivity contribution in [3.05, 3.63) is 24.3 Å². The number of nitrogens with zero attached hydrogens (tertiary/aromatic N) is 1. The lowest BCUT2D eigenvalue weighted by molar-refractivity contribution is -0.119. The molecule has 1 unspecified atom stereocenters. The molecule has 0 aromatic heterocycles. The third-order valence-corrected chi connectivity index (χ3v) is 4.51. The molecule has 0 aliphatic carbocycles. The molecule has 1 aliphatic rings. The number of methoxy groups -OCH3 is 1. The topological polar surface area (TPSA) is 91.9 Å². The highest BCUT2D eigenvalue weighted by Gasteiger charge is 2.22. The van der Waals surface area contributed by atoms with E-state index in [1.54, 1.807) is 24.3 Å². The van der Waals surface area contributed by atoms with E-state index >= 15 is 0 Å². The van der Waals surface area contributed by atoms with Crippen molar-refractivity contribution in [3.8, 4) is 0 Å². The highest BCUT2D eigenvalue weighted by Crippen LogP contribution is 2.15. The van der Waals surface area contributed by atoms with Crippen molar-refractivity contribution in [1.29, 1.82) is 0 Å². The molecular formula is C20H32N4O4. The van der Waals surface area contributed by atoms with Crippen LogP contribution in [0.25, 0.3) is 0 Å². The van der Waals surface area contributed by atoms with Crippen molar-refractivity contribution in [2.45, 2.75) is 26.3 Å². The first-order chi connectivity index (χ1) is 13.5. The second kappa shape index (κ2) is 11.6. The molecule has 8 heteroatoms. The summed E-state index contributed by atoms with van der Waals surface area (Å²) in [6.45, 7) is 8.27. The molecule has 1 atom stereocenters. The van der Waals surface area contributed by atoms with E-state index in [1.165, 1.54) is 7.11 Å². The average molecular weight is 393 g/mol. The molecule has 0 radical (unpaired) electrons. The zero-order valence-electron chi connectivity index (χ0n) is 17.0. The van der Waals surface area contributed by atoms with E-state index < -0.39 is 0 Å². The van der Waals surface area contributed by atoms with Gasteiger partial charge in [-0.3, -0.25) is 9.69 Å². The number of hydrogen-bond donors (Lipinski definition) is 3. The molecular weight excluding hydrogens is 360 g/mol. The maximum absolute atomic E-state index is 12.3. The molecule has 1 fully saturated rings. The summed E-state index contributed by atoms with van der Waals surface area (Å²) in [7, 11) is 1.47. The molecule has 3 N–H and O–H groups in total. The van der Waals surface area contributed by atoms with Crippen molar-refractivity contribution >= 4 is 23.3 Å². The lowest BCUT2D eigenvalue weighted by Crippen LogP contribution is -2.49. The number of rotatable bonds is 9. The third kappa shape index (κ3) is 7.84. The minimum atomic E-state index is -0.238. The van der Waals surface area contributed by atoms with Gasteiger partial charge in [0.05, 0.1) is 13.2 Å². The Bertz CT molecular complexity index is 615. The SMILES string of the molecule is COCC(=O)Nc1ccc(NC(=O)NCC(CC(C)C)N2CCOCC2)cc1. The molecule has 28 heavy (non-hydrogen) atoms. The zero-order valence-corrected chi connectivity index (χ0v) is 17.0. The predicted molar refractivity (Wildman–Crippen MR) is 110 cm³/mol. The number of carbonyl (C=O) groups is 2. The Morgan fingerprint density at radius 2 is 1.71 bits per heavy atom. The Hall–Kier alpha value is -2.16. The summed E-state index contributed by atoms with van der Waals surface area (Å²) < 4.78 is 10.2. The van der Waals surface area contributed by atoms with Crippen molar-refractivity contribution < 1.29 is 19.1 Å². The maximum atomic E-state index is 12.3. The van der Waals surface area contributed by atoms with E-state index in [1.807, 2.05) is 0 Å². The lowest BCUT2D eigenvalue weighted by Gasteiger charge is -2.35. The van der Waals surface area contributed by atoms with Crippen LogP contribution in [0.15, 0.2) is 24.3 Å². The highest BCUT2D eigenvalue weighted by molar-refractivity contribution is 5.93. The number of hydrogen-bond acceptors (Lipinski definition) is 5. The second-order valence-corrected chi connectivity index (χ2v) is 7.33. The summed E-state index contributed by atoms with van der Waals surface area (Å²) >= 11 is 0. The van der Waals surface area contributed by atoms with Crippen LogP contribution in [0.4, 0.5) is 16.2 Å². The number of anilines is 2. The Morgan fingerprint density at radius 1 is 1.11 bits per heavy atom. The Morgan fingerprint density at radius 3 is 2.29 bits per heavy atom. The van der Waals surface area contributed by atoms with E-state index in [0.29, 0.717) is 29.9 Å². The first kappa shape index (κ1) is 22.1. The van der Waals surface area contributed by atoms with Crippen molar-refractivity contribution in [2.24, 2.45) is 5.92 Å². The molecule has 0 saturated carbocycles. The van der Waals surface area contributed by atoms with Crippen molar-refractivity contribution in [2.75, 3.05) is 57.2 Å². The fourth-order valence-electron chi connectivity index (χ4n) is 3.20. The summed E-state index contributed by atoms with van der Waals surface area (Å²) in [5, 5.41) is 8.52. The van der Waals surface area contributed by atoms with Gasteiger partial charge < -0.3 is 25.4 Å². The van der Waals surface area contributed by atoms with Gasteiger partial charge in [-0.1, -0.05) is 13.8 Å². The Labute approximate surface area is 166 Å². The molecule has 1 aromatic rings. The maximum Gasteiger partial charge on any atom is 0.319 e. The Kier molecular flexibility index (Phi) is 9.19. The van der Waals surface area contributed by atoms with E-state index in [2.05, 4.69) is 34.7 Å². The summed E-state index contributed by atoms with van der Waals surface area (Å²) in [5.74, 6) is 0.332. The number of urea groups is 1. The molecule has 156 valence electrons. The first-order valence-corrected chi connectivity index (χ1v) is 9.73. The molecule has 1 heterocycles. The van der Waals surface area contributed by atoms with Gasteiger partial charge in [0, 0.05) is 44.2 Å². The van der Waals surface area contributed by atoms with Gasteiger partial charge in [-0.2, -0.15) is 0 Å². The largest absolute Gasteiger partial charge is 0.379 e. The van der Waals surface area contributed by atoms with E-state index in [4.69, 9.17) is 9.47 Å². The molecule has 3 amide bonds. The monoisotopic (exact) mass is 392 g/mol. The third-order valence-electron chi connectivity index (χ3n) is 4.51. The highest BCUT2D eigenvalue weighted by atomic mass is 16.5. The van der Waals surface area contributed by atoms with E-state index in [9.17, 15) is 9.59 Å². The van der Waals surface area contributed by atoms with Crippen LogP contribution in [0.3, 0.4) is 0 Å². The number of carbonyl (C=O) groups excluding carboxylic acids is 2. The van der Waals surface area contributed by atoms with Crippen LogP contribution >= 0.6 is 0 Å². The lowest BCUT2D eigenvalue weighted by atomic mass is 10.0. The molecule has 0 bridgehead atoms. The van der Waals surface area contributed by atoms with Crippen LogP contribution in [0.5, 0.6) is 0 Å². The van der Waals surface area contributed by atoms with Gasteiger partial charge in [-0.15, -0.1) is 0 Å². The fourth-order valence-corrected chi connectivity index (χ4v) is 3.20. The minimum absolute atomic E-state index is 0.00307. The molecule has 8 nitrogen and oxygen atoms in total. The van der Waals surface area contributed by atoms with Gasteiger partial charge >= 0.3 is 6.03 Å². The zero-order chi connectivity index (χ0) is 20.4. The van der Waals surface area contributed by atoms with Crippen LogP contribution in [-0.4, -0.2) is 69.4 Å². The number of amides is 3. The van der Waals surface area contributed by atoms with Gasteiger partial charge in [-0.25, -0.2) is 4.79 Å². The van der Waals surface area contributed by atoms with Gasteiger partial charge in [-0.05, 0) is 36.6 Å². The quantitative estimate of drug-likeness (QED) is 0.599. The predicted octanol–water partition coefficient (Wildman–Crippen LogP) is 2.14. The molecule has 1 aliphatic heterocycles. The molecule has 1 saturated heterocycles. The molecule has 2 rings (SSSR count).